The number of anilines is 1. The van der Waals surface area contributed by atoms with Crippen molar-refractivity contribution in [3.63, 3.8) is 0 Å². The third kappa shape index (κ3) is 1.11. The van der Waals surface area contributed by atoms with E-state index in [9.17, 15) is 4.79 Å². The first-order valence-corrected chi connectivity index (χ1v) is 6.78. The molecule has 4 rings (SSSR count). The highest BCUT2D eigenvalue weighted by Crippen LogP contribution is 2.46. The number of carbonyl (C=O) groups excluding carboxylic acids is 1. The Morgan fingerprint density at radius 1 is 1.17 bits per heavy atom. The number of carbonyl (C=O) groups is 1. The number of hydrogen-bond acceptors (Lipinski definition) is 3. The van der Waals surface area contributed by atoms with Gasteiger partial charge in [-0.25, -0.2) is 10.4 Å². The Hall–Kier alpha value is -1.55. The smallest absolute Gasteiger partial charge is 0.272 e. The van der Waals surface area contributed by atoms with Crippen molar-refractivity contribution in [3.05, 3.63) is 29.8 Å². The minimum Gasteiger partial charge on any atom is -0.347 e. The molecule has 0 radical (unpaired) electrons. The molecule has 0 saturated carbocycles. The molecule has 1 spiro atoms. The summed E-state index contributed by atoms with van der Waals surface area (Å²) in [5.41, 5.74) is 5.18. The maximum Gasteiger partial charge on any atom is 0.272 e. The number of hydrazine groups is 1. The molecule has 3 aliphatic heterocycles. The topological polar surface area (TPSA) is 35.6 Å². The van der Waals surface area contributed by atoms with Crippen molar-refractivity contribution >= 4 is 11.6 Å². The summed E-state index contributed by atoms with van der Waals surface area (Å²) in [4.78, 5) is 15.1. The van der Waals surface area contributed by atoms with E-state index in [1.165, 1.54) is 6.42 Å². The van der Waals surface area contributed by atoms with Crippen LogP contribution in [-0.2, 0) is 0 Å². The van der Waals surface area contributed by atoms with Crippen molar-refractivity contribution in [3.8, 4) is 0 Å². The summed E-state index contributed by atoms with van der Waals surface area (Å²) in [5, 5.41) is 1.91. The van der Waals surface area contributed by atoms with Crippen molar-refractivity contribution < 1.29 is 4.79 Å². The second kappa shape index (κ2) is 3.48. The first kappa shape index (κ1) is 10.4. The summed E-state index contributed by atoms with van der Waals surface area (Å²) in [6, 6.07) is 8.01. The molecule has 0 bridgehead atoms. The maximum atomic E-state index is 12.6. The van der Waals surface area contributed by atoms with Gasteiger partial charge in [0.25, 0.3) is 5.91 Å². The lowest BCUT2D eigenvalue weighted by Crippen LogP contribution is -2.69. The molecule has 1 aromatic carbocycles. The van der Waals surface area contributed by atoms with Gasteiger partial charge >= 0.3 is 0 Å². The monoisotopic (exact) mass is 243 g/mol. The van der Waals surface area contributed by atoms with E-state index in [0.29, 0.717) is 0 Å². The van der Waals surface area contributed by atoms with E-state index < -0.39 is 0 Å². The van der Waals surface area contributed by atoms with Crippen LogP contribution >= 0.6 is 0 Å². The van der Waals surface area contributed by atoms with Crippen LogP contribution < -0.4 is 10.3 Å². The summed E-state index contributed by atoms with van der Waals surface area (Å²) in [5.74, 6) is 0.142. The Labute approximate surface area is 107 Å². The number of rotatable bonds is 0. The number of para-hydroxylation sites is 1. The van der Waals surface area contributed by atoms with Gasteiger partial charge < -0.3 is 4.90 Å². The fourth-order valence-corrected chi connectivity index (χ4v) is 3.79. The van der Waals surface area contributed by atoms with E-state index in [4.69, 9.17) is 0 Å². The molecule has 1 N–H and O–H groups in total. The molecule has 94 valence electrons. The van der Waals surface area contributed by atoms with E-state index in [1.54, 1.807) is 0 Å². The van der Waals surface area contributed by atoms with Gasteiger partial charge in [-0.05, 0) is 37.8 Å². The Morgan fingerprint density at radius 3 is 2.94 bits per heavy atom. The second-order valence-corrected chi connectivity index (χ2v) is 5.41. The van der Waals surface area contributed by atoms with Crippen LogP contribution in [-0.4, -0.2) is 29.7 Å². The Bertz CT molecular complexity index is 516. The molecule has 4 heteroatoms. The molecule has 3 aliphatic rings. The minimum atomic E-state index is -0.0936. The highest BCUT2D eigenvalue weighted by molar-refractivity contribution is 6.02. The first-order valence-electron chi connectivity index (χ1n) is 6.78. The van der Waals surface area contributed by atoms with Crippen molar-refractivity contribution in [1.29, 1.82) is 0 Å². The van der Waals surface area contributed by atoms with Crippen LogP contribution in [0, 0.1) is 0 Å². The summed E-state index contributed by atoms with van der Waals surface area (Å²) < 4.78 is 0. The molecule has 1 amide bonds. The number of nitrogens with one attached hydrogen (secondary N) is 1. The van der Waals surface area contributed by atoms with Crippen LogP contribution in [0.15, 0.2) is 24.3 Å². The lowest BCUT2D eigenvalue weighted by atomic mass is 9.92. The van der Waals surface area contributed by atoms with E-state index in [0.717, 1.165) is 43.6 Å². The summed E-state index contributed by atoms with van der Waals surface area (Å²) in [7, 11) is 0. The van der Waals surface area contributed by atoms with E-state index in [-0.39, 0.29) is 11.6 Å². The van der Waals surface area contributed by atoms with Gasteiger partial charge in [0.2, 0.25) is 0 Å². The van der Waals surface area contributed by atoms with Gasteiger partial charge in [0.15, 0.2) is 0 Å². The Morgan fingerprint density at radius 2 is 2.00 bits per heavy atom. The lowest BCUT2D eigenvalue weighted by molar-refractivity contribution is 0.00420. The van der Waals surface area contributed by atoms with Gasteiger partial charge in [-0.15, -0.1) is 0 Å². The van der Waals surface area contributed by atoms with Crippen LogP contribution in [0.2, 0.25) is 0 Å². The van der Waals surface area contributed by atoms with Crippen molar-refractivity contribution in [2.75, 3.05) is 18.0 Å². The summed E-state index contributed by atoms with van der Waals surface area (Å²) in [6.07, 6.45) is 4.47. The molecule has 18 heavy (non-hydrogen) atoms. The van der Waals surface area contributed by atoms with Gasteiger partial charge in [0, 0.05) is 13.1 Å². The number of hydrogen-bond donors (Lipinski definition) is 1. The number of fused-ring (bicyclic) bond motifs is 2. The fraction of sp³-hybridized carbons (Fsp3) is 0.500. The Balaban J connectivity index is 1.93. The average molecular weight is 243 g/mol. The molecule has 2 fully saturated rings. The van der Waals surface area contributed by atoms with Crippen LogP contribution in [0.5, 0.6) is 0 Å². The van der Waals surface area contributed by atoms with E-state index in [2.05, 4.69) is 16.4 Å². The van der Waals surface area contributed by atoms with Gasteiger partial charge in [0.05, 0.1) is 11.3 Å². The highest BCUT2D eigenvalue weighted by Gasteiger charge is 2.53. The third-order valence-electron chi connectivity index (χ3n) is 4.53. The molecule has 1 aromatic rings. The second-order valence-electron chi connectivity index (χ2n) is 5.41. The first-order chi connectivity index (χ1) is 8.83. The van der Waals surface area contributed by atoms with Crippen molar-refractivity contribution in [2.45, 2.75) is 31.3 Å². The Kier molecular flexibility index (Phi) is 2.01. The van der Waals surface area contributed by atoms with Crippen LogP contribution in [0.1, 0.15) is 36.0 Å². The number of benzene rings is 1. The zero-order chi connectivity index (χ0) is 12.2. The third-order valence-corrected chi connectivity index (χ3v) is 4.53. The van der Waals surface area contributed by atoms with Crippen LogP contribution in [0.3, 0.4) is 0 Å². The predicted molar refractivity (Wildman–Crippen MR) is 69.2 cm³/mol. The lowest BCUT2D eigenvalue weighted by Gasteiger charge is -2.53. The molecule has 2 saturated heterocycles. The molecule has 1 atom stereocenters. The van der Waals surface area contributed by atoms with Gasteiger partial charge in [-0.1, -0.05) is 12.1 Å². The van der Waals surface area contributed by atoms with Crippen LogP contribution in [0.4, 0.5) is 5.69 Å². The average Bonchev–Trinajstić information content (AvgIpc) is 2.83. The van der Waals surface area contributed by atoms with E-state index in [1.807, 2.05) is 23.2 Å². The molecular weight excluding hydrogens is 226 g/mol. The van der Waals surface area contributed by atoms with Crippen molar-refractivity contribution in [2.24, 2.45) is 0 Å². The fourth-order valence-electron chi connectivity index (χ4n) is 3.79. The SMILES string of the molecule is O=C1c2ccccc2N2CCCC23CCCNN13. The number of nitrogens with zero attached hydrogens (tertiary/aromatic N) is 2. The van der Waals surface area contributed by atoms with Gasteiger partial charge in [-0.3, -0.25) is 4.79 Å². The number of amides is 1. The largest absolute Gasteiger partial charge is 0.347 e. The predicted octanol–water partition coefficient (Wildman–Crippen LogP) is 1.74. The highest BCUT2D eigenvalue weighted by atomic mass is 16.2. The molecular formula is C14H17N3O. The van der Waals surface area contributed by atoms with Crippen LogP contribution in [0.25, 0.3) is 0 Å². The molecule has 0 aliphatic carbocycles. The zero-order valence-electron chi connectivity index (χ0n) is 10.4. The molecule has 3 heterocycles. The summed E-state index contributed by atoms with van der Waals surface area (Å²) in [6.45, 7) is 1.96. The minimum absolute atomic E-state index is 0.0936. The standard InChI is InChI=1S/C14H17N3O/c18-13-11-5-1-2-6-12(11)16-10-4-8-14(16)7-3-9-15-17(13)14/h1-2,5-6,15H,3-4,7-10H2. The normalized spacial score (nSPS) is 29.9. The van der Waals surface area contributed by atoms with Crippen molar-refractivity contribution in [1.82, 2.24) is 10.4 Å². The molecule has 4 nitrogen and oxygen atoms in total. The molecule has 0 aromatic heterocycles. The zero-order valence-corrected chi connectivity index (χ0v) is 10.4. The molecule has 1 unspecified atom stereocenters. The summed E-state index contributed by atoms with van der Waals surface area (Å²) >= 11 is 0. The van der Waals surface area contributed by atoms with Gasteiger partial charge in [0.1, 0.15) is 5.66 Å². The van der Waals surface area contributed by atoms with E-state index >= 15 is 0 Å². The van der Waals surface area contributed by atoms with Gasteiger partial charge in [-0.2, -0.15) is 0 Å². The quantitative estimate of drug-likeness (QED) is 0.754. The maximum absolute atomic E-state index is 12.6.